The molecule has 0 amide bonds. The van der Waals surface area contributed by atoms with Crippen molar-refractivity contribution >= 4 is 56.2 Å². The monoisotopic (exact) mass is 409 g/mol. The zero-order valence-corrected chi connectivity index (χ0v) is 15.0. The van der Waals surface area contributed by atoms with E-state index in [1.807, 2.05) is 6.07 Å². The van der Waals surface area contributed by atoms with Crippen molar-refractivity contribution in [3.63, 3.8) is 0 Å². The number of benzene rings is 2. The Kier molecular flexibility index (Phi) is 4.53. The smallest absolute Gasteiger partial charge is 0.267 e. The summed E-state index contributed by atoms with van der Waals surface area (Å²) >= 11 is 15.3. The van der Waals surface area contributed by atoms with Crippen LogP contribution in [0.4, 0.5) is 0 Å². The average molecular weight is 411 g/mol. The number of nitrogens with zero attached hydrogens (tertiary/aromatic N) is 3. The Balaban J connectivity index is 2.12. The van der Waals surface area contributed by atoms with Crippen LogP contribution in [0.2, 0.25) is 10.0 Å². The third-order valence-corrected chi connectivity index (χ3v) is 4.30. The van der Waals surface area contributed by atoms with Crippen LogP contribution in [0.3, 0.4) is 0 Å². The second-order valence-electron chi connectivity index (χ2n) is 4.85. The summed E-state index contributed by atoms with van der Waals surface area (Å²) in [5, 5.41) is 5.71. The third kappa shape index (κ3) is 3.32. The quantitative estimate of drug-likeness (QED) is 0.577. The van der Waals surface area contributed by atoms with Gasteiger partial charge in [-0.15, -0.1) is 0 Å². The molecule has 0 atom stereocenters. The standard InChI is InChI=1S/C16H10BrCl2N3O/c1-9-21-15-5-3-11(17)6-13(15)16(23)22(9)20-8-10-2-4-12(18)7-14(10)19/h2-8H,1H3. The van der Waals surface area contributed by atoms with Crippen molar-refractivity contribution in [3.8, 4) is 0 Å². The molecule has 0 N–H and O–H groups in total. The molecule has 3 rings (SSSR count). The molecular weight excluding hydrogens is 401 g/mol. The highest BCUT2D eigenvalue weighted by Crippen LogP contribution is 2.20. The van der Waals surface area contributed by atoms with Gasteiger partial charge in [-0.1, -0.05) is 45.2 Å². The third-order valence-electron chi connectivity index (χ3n) is 3.24. The van der Waals surface area contributed by atoms with Crippen LogP contribution in [-0.2, 0) is 0 Å². The molecule has 0 spiro atoms. The fraction of sp³-hybridized carbons (Fsp3) is 0.0625. The fourth-order valence-corrected chi connectivity index (χ4v) is 2.94. The summed E-state index contributed by atoms with van der Waals surface area (Å²) in [7, 11) is 0. The molecule has 3 aromatic rings. The molecule has 0 aliphatic heterocycles. The van der Waals surface area contributed by atoms with Gasteiger partial charge in [0.05, 0.1) is 22.1 Å². The Hall–Kier alpha value is -1.69. The van der Waals surface area contributed by atoms with Crippen molar-refractivity contribution in [3.05, 3.63) is 72.7 Å². The first kappa shape index (κ1) is 16.2. The lowest BCUT2D eigenvalue weighted by Crippen LogP contribution is -2.20. The maximum absolute atomic E-state index is 12.6. The van der Waals surface area contributed by atoms with Gasteiger partial charge in [-0.25, -0.2) is 4.98 Å². The summed E-state index contributed by atoms with van der Waals surface area (Å²) in [6, 6.07) is 10.4. The predicted octanol–water partition coefficient (Wildman–Crippen LogP) is 4.66. The summed E-state index contributed by atoms with van der Waals surface area (Å²) in [5.41, 5.74) is 1.05. The number of aryl methyl sites for hydroxylation is 1. The number of halogens is 3. The van der Waals surface area contributed by atoms with Crippen LogP contribution in [-0.4, -0.2) is 15.9 Å². The number of aromatic nitrogens is 2. The van der Waals surface area contributed by atoms with Gasteiger partial charge in [0.2, 0.25) is 0 Å². The molecule has 116 valence electrons. The first-order chi connectivity index (χ1) is 11.0. The number of rotatable bonds is 2. The van der Waals surface area contributed by atoms with E-state index >= 15 is 0 Å². The highest BCUT2D eigenvalue weighted by Gasteiger charge is 2.08. The van der Waals surface area contributed by atoms with E-state index in [9.17, 15) is 4.79 Å². The van der Waals surface area contributed by atoms with Gasteiger partial charge in [0, 0.05) is 15.1 Å². The van der Waals surface area contributed by atoms with Crippen molar-refractivity contribution in [1.82, 2.24) is 9.66 Å². The van der Waals surface area contributed by atoms with E-state index in [-0.39, 0.29) is 5.56 Å². The number of hydrogen-bond acceptors (Lipinski definition) is 3. The van der Waals surface area contributed by atoms with E-state index in [2.05, 4.69) is 26.0 Å². The van der Waals surface area contributed by atoms with Crippen molar-refractivity contribution in [1.29, 1.82) is 0 Å². The zero-order valence-electron chi connectivity index (χ0n) is 11.9. The largest absolute Gasteiger partial charge is 0.282 e. The van der Waals surface area contributed by atoms with Crippen LogP contribution in [0.25, 0.3) is 10.9 Å². The van der Waals surface area contributed by atoms with E-state index < -0.39 is 0 Å². The van der Waals surface area contributed by atoms with Crippen LogP contribution < -0.4 is 5.56 Å². The van der Waals surface area contributed by atoms with E-state index in [1.165, 1.54) is 10.9 Å². The molecule has 0 saturated heterocycles. The molecule has 7 heteroatoms. The van der Waals surface area contributed by atoms with Crippen LogP contribution in [0.1, 0.15) is 11.4 Å². The minimum absolute atomic E-state index is 0.241. The van der Waals surface area contributed by atoms with Crippen LogP contribution in [0, 0.1) is 6.92 Å². The van der Waals surface area contributed by atoms with Gasteiger partial charge in [0.1, 0.15) is 5.82 Å². The van der Waals surface area contributed by atoms with E-state index in [0.29, 0.717) is 32.3 Å². The van der Waals surface area contributed by atoms with Crippen molar-refractivity contribution < 1.29 is 0 Å². The molecular formula is C16H10BrCl2N3O. The maximum atomic E-state index is 12.6. The predicted molar refractivity (Wildman–Crippen MR) is 97.9 cm³/mol. The van der Waals surface area contributed by atoms with E-state index in [1.54, 1.807) is 37.3 Å². The molecule has 1 aromatic heterocycles. The SMILES string of the molecule is Cc1nc2ccc(Br)cc2c(=O)n1N=Cc1ccc(Cl)cc1Cl. The fourth-order valence-electron chi connectivity index (χ4n) is 2.12. The highest BCUT2D eigenvalue weighted by molar-refractivity contribution is 9.10. The van der Waals surface area contributed by atoms with Crippen LogP contribution in [0.5, 0.6) is 0 Å². The molecule has 0 aliphatic rings. The summed E-state index contributed by atoms with van der Waals surface area (Å²) in [4.78, 5) is 17.0. The highest BCUT2D eigenvalue weighted by atomic mass is 79.9. The van der Waals surface area contributed by atoms with Crippen LogP contribution >= 0.6 is 39.1 Å². The van der Waals surface area contributed by atoms with Gasteiger partial charge < -0.3 is 0 Å². The molecule has 0 unspecified atom stereocenters. The summed E-state index contributed by atoms with van der Waals surface area (Å²) in [6.45, 7) is 1.73. The Labute approximate surface area is 150 Å². The molecule has 0 bridgehead atoms. The van der Waals surface area contributed by atoms with Gasteiger partial charge in [0.25, 0.3) is 5.56 Å². The Morgan fingerprint density at radius 3 is 2.74 bits per heavy atom. The molecule has 0 radical (unpaired) electrons. The Morgan fingerprint density at radius 1 is 1.22 bits per heavy atom. The van der Waals surface area contributed by atoms with E-state index in [4.69, 9.17) is 23.2 Å². The van der Waals surface area contributed by atoms with Gasteiger partial charge >= 0.3 is 0 Å². The van der Waals surface area contributed by atoms with Gasteiger partial charge in [-0.2, -0.15) is 9.78 Å². The van der Waals surface area contributed by atoms with E-state index in [0.717, 1.165) is 4.47 Å². The van der Waals surface area contributed by atoms with Gasteiger partial charge in [0.15, 0.2) is 0 Å². The second-order valence-corrected chi connectivity index (χ2v) is 6.61. The van der Waals surface area contributed by atoms with Crippen molar-refractivity contribution in [2.24, 2.45) is 5.10 Å². The normalized spacial score (nSPS) is 11.5. The summed E-state index contributed by atoms with van der Waals surface area (Å²) in [6.07, 6.45) is 1.51. The summed E-state index contributed by atoms with van der Waals surface area (Å²) in [5.74, 6) is 0.492. The zero-order chi connectivity index (χ0) is 16.6. The van der Waals surface area contributed by atoms with Gasteiger partial charge in [-0.3, -0.25) is 4.79 Å². The molecule has 0 aliphatic carbocycles. The molecule has 4 nitrogen and oxygen atoms in total. The molecule has 23 heavy (non-hydrogen) atoms. The topological polar surface area (TPSA) is 47.2 Å². The minimum atomic E-state index is -0.241. The minimum Gasteiger partial charge on any atom is -0.267 e. The first-order valence-electron chi connectivity index (χ1n) is 6.64. The first-order valence-corrected chi connectivity index (χ1v) is 8.19. The Bertz CT molecular complexity index is 999. The molecule has 1 heterocycles. The Morgan fingerprint density at radius 2 is 2.00 bits per heavy atom. The average Bonchev–Trinajstić information content (AvgIpc) is 2.50. The lowest BCUT2D eigenvalue weighted by molar-refractivity contribution is 0.771. The van der Waals surface area contributed by atoms with Crippen LogP contribution in [0.15, 0.2) is 50.8 Å². The number of fused-ring (bicyclic) bond motifs is 1. The molecule has 0 fully saturated rings. The lowest BCUT2D eigenvalue weighted by atomic mass is 10.2. The lowest BCUT2D eigenvalue weighted by Gasteiger charge is -2.06. The van der Waals surface area contributed by atoms with Gasteiger partial charge in [-0.05, 0) is 37.3 Å². The maximum Gasteiger partial charge on any atom is 0.282 e. The summed E-state index contributed by atoms with van der Waals surface area (Å²) < 4.78 is 2.06. The molecule has 2 aromatic carbocycles. The number of hydrogen-bond donors (Lipinski definition) is 0. The van der Waals surface area contributed by atoms with Crippen molar-refractivity contribution in [2.45, 2.75) is 6.92 Å². The molecule has 0 saturated carbocycles. The van der Waals surface area contributed by atoms with Crippen molar-refractivity contribution in [2.75, 3.05) is 0 Å². The second kappa shape index (κ2) is 6.43.